The number of imidazole rings is 1. The molecule has 0 unspecified atom stereocenters. The van der Waals surface area contributed by atoms with Crippen molar-refractivity contribution >= 4 is 17.2 Å². The van der Waals surface area contributed by atoms with Crippen LogP contribution >= 0.6 is 11.3 Å². The van der Waals surface area contributed by atoms with Gasteiger partial charge in [0.2, 0.25) is 5.91 Å². The van der Waals surface area contributed by atoms with Gasteiger partial charge >= 0.3 is 0 Å². The minimum absolute atomic E-state index is 0.0474. The average Bonchev–Trinajstić information content (AvgIpc) is 3.28. The van der Waals surface area contributed by atoms with E-state index >= 15 is 0 Å². The zero-order valence-electron chi connectivity index (χ0n) is 13.1. The summed E-state index contributed by atoms with van der Waals surface area (Å²) in [5, 5.41) is 7.16. The van der Waals surface area contributed by atoms with Crippen molar-refractivity contribution in [3.63, 3.8) is 0 Å². The largest absolute Gasteiger partial charge is 0.354 e. The molecular formula is C17H20N4OS. The zero-order valence-corrected chi connectivity index (χ0v) is 13.9. The van der Waals surface area contributed by atoms with E-state index in [9.17, 15) is 4.79 Å². The fraction of sp³-hybridized carbons (Fsp3) is 0.294. The number of aryl methyl sites for hydroxylation is 1. The summed E-state index contributed by atoms with van der Waals surface area (Å²) in [5.41, 5.74) is 1.17. The van der Waals surface area contributed by atoms with Gasteiger partial charge in [-0.15, -0.1) is 0 Å². The lowest BCUT2D eigenvalue weighted by atomic mass is 10.1. The van der Waals surface area contributed by atoms with Gasteiger partial charge in [-0.2, -0.15) is 11.3 Å². The van der Waals surface area contributed by atoms with E-state index in [1.807, 2.05) is 47.6 Å². The van der Waals surface area contributed by atoms with Gasteiger partial charge in [-0.25, -0.2) is 4.98 Å². The Labute approximate surface area is 139 Å². The molecule has 3 aromatic heterocycles. The maximum absolute atomic E-state index is 12.3. The van der Waals surface area contributed by atoms with Crippen LogP contribution in [0.4, 0.5) is 0 Å². The number of carbonyl (C=O) groups is 1. The molecule has 0 aliphatic heterocycles. The molecule has 0 radical (unpaired) electrons. The van der Waals surface area contributed by atoms with Crippen LogP contribution < -0.4 is 5.32 Å². The molecule has 23 heavy (non-hydrogen) atoms. The maximum atomic E-state index is 12.3. The summed E-state index contributed by atoms with van der Waals surface area (Å²) in [5.74, 6) is 1.02. The minimum atomic E-state index is 0.0474. The van der Waals surface area contributed by atoms with Gasteiger partial charge in [0.15, 0.2) is 0 Å². The molecule has 0 aliphatic rings. The predicted octanol–water partition coefficient (Wildman–Crippen LogP) is 2.85. The summed E-state index contributed by atoms with van der Waals surface area (Å²) in [4.78, 5) is 16.5. The summed E-state index contributed by atoms with van der Waals surface area (Å²) in [6.07, 6.45) is 8.15. The van der Waals surface area contributed by atoms with Crippen LogP contribution in [0.1, 0.15) is 23.9 Å². The topological polar surface area (TPSA) is 51.9 Å². The molecule has 0 aliphatic carbocycles. The molecule has 1 N–H and O–H groups in total. The van der Waals surface area contributed by atoms with Gasteiger partial charge < -0.3 is 14.5 Å². The van der Waals surface area contributed by atoms with Crippen LogP contribution in [-0.2, 0) is 11.3 Å². The van der Waals surface area contributed by atoms with E-state index in [0.717, 1.165) is 12.4 Å². The molecule has 0 fully saturated rings. The van der Waals surface area contributed by atoms with Gasteiger partial charge in [0, 0.05) is 37.9 Å². The second-order valence-corrected chi connectivity index (χ2v) is 6.20. The normalized spacial score (nSPS) is 12.2. The molecule has 0 bridgehead atoms. The lowest BCUT2D eigenvalue weighted by molar-refractivity contribution is -0.121. The lowest BCUT2D eigenvalue weighted by Crippen LogP contribution is -2.29. The molecule has 0 spiro atoms. The fourth-order valence-corrected chi connectivity index (χ4v) is 3.33. The number of aromatic nitrogens is 3. The molecule has 3 heterocycles. The molecule has 5 nitrogen and oxygen atoms in total. The van der Waals surface area contributed by atoms with Crippen molar-refractivity contribution in [2.24, 2.45) is 0 Å². The Hall–Kier alpha value is -2.34. The summed E-state index contributed by atoms with van der Waals surface area (Å²) < 4.78 is 4.12. The molecule has 3 aromatic rings. The van der Waals surface area contributed by atoms with Crippen LogP contribution in [0.3, 0.4) is 0 Å². The lowest BCUT2D eigenvalue weighted by Gasteiger charge is -2.18. The number of thiophene rings is 1. The SMILES string of the molecule is Cc1nccn1CCNC(=O)C[C@H](c1ccsc1)n1cccc1. The summed E-state index contributed by atoms with van der Waals surface area (Å²) in [6.45, 7) is 3.31. The highest BCUT2D eigenvalue weighted by molar-refractivity contribution is 7.07. The van der Waals surface area contributed by atoms with Crippen molar-refractivity contribution < 1.29 is 4.79 Å². The Morgan fingerprint density at radius 3 is 2.83 bits per heavy atom. The number of nitrogens with zero attached hydrogens (tertiary/aromatic N) is 3. The van der Waals surface area contributed by atoms with Gasteiger partial charge in [0.05, 0.1) is 12.5 Å². The van der Waals surface area contributed by atoms with Crippen LogP contribution in [0.5, 0.6) is 0 Å². The predicted molar refractivity (Wildman–Crippen MR) is 91.5 cm³/mol. The molecule has 1 atom stereocenters. The van der Waals surface area contributed by atoms with Crippen LogP contribution in [0.2, 0.25) is 0 Å². The van der Waals surface area contributed by atoms with Crippen molar-refractivity contribution in [1.82, 2.24) is 19.4 Å². The Bertz CT molecular complexity index is 696. The molecule has 6 heteroatoms. The number of amides is 1. The maximum Gasteiger partial charge on any atom is 0.222 e. The van der Waals surface area contributed by atoms with E-state index in [1.54, 1.807) is 17.5 Å². The van der Waals surface area contributed by atoms with E-state index < -0.39 is 0 Å². The minimum Gasteiger partial charge on any atom is -0.354 e. The average molecular weight is 328 g/mol. The number of hydrogen-bond donors (Lipinski definition) is 1. The van der Waals surface area contributed by atoms with E-state index in [0.29, 0.717) is 13.0 Å². The molecule has 0 aromatic carbocycles. The first-order valence-corrected chi connectivity index (χ1v) is 8.57. The van der Waals surface area contributed by atoms with E-state index in [4.69, 9.17) is 0 Å². The summed E-state index contributed by atoms with van der Waals surface area (Å²) >= 11 is 1.65. The molecule has 0 saturated carbocycles. The number of nitrogens with one attached hydrogen (secondary N) is 1. The van der Waals surface area contributed by atoms with Gasteiger partial charge in [-0.3, -0.25) is 4.79 Å². The standard InChI is InChI=1S/C17H20N4OS/c1-14-18-5-9-20(14)10-6-19-17(22)12-16(15-4-11-23-13-15)21-7-2-3-8-21/h2-5,7-9,11,13,16H,6,10,12H2,1H3,(H,19,22)/t16-/m1/s1. The van der Waals surface area contributed by atoms with Crippen LogP contribution in [0.15, 0.2) is 53.7 Å². The van der Waals surface area contributed by atoms with Crippen molar-refractivity contribution in [3.8, 4) is 0 Å². The molecule has 0 saturated heterocycles. The molecule has 120 valence electrons. The van der Waals surface area contributed by atoms with Gasteiger partial charge in [-0.1, -0.05) is 0 Å². The number of carbonyl (C=O) groups excluding carboxylic acids is 1. The monoisotopic (exact) mass is 328 g/mol. The van der Waals surface area contributed by atoms with Crippen molar-refractivity contribution in [3.05, 3.63) is 65.1 Å². The highest BCUT2D eigenvalue weighted by Crippen LogP contribution is 2.24. The Morgan fingerprint density at radius 1 is 1.35 bits per heavy atom. The Morgan fingerprint density at radius 2 is 2.17 bits per heavy atom. The summed E-state index contributed by atoms with van der Waals surface area (Å²) in [6, 6.07) is 6.10. The van der Waals surface area contributed by atoms with E-state index in [1.165, 1.54) is 5.56 Å². The highest BCUT2D eigenvalue weighted by atomic mass is 32.1. The molecule has 1 amide bonds. The van der Waals surface area contributed by atoms with Gasteiger partial charge in [0.25, 0.3) is 0 Å². The number of rotatable bonds is 7. The zero-order chi connectivity index (χ0) is 16.1. The summed E-state index contributed by atoms with van der Waals surface area (Å²) in [7, 11) is 0. The van der Waals surface area contributed by atoms with E-state index in [-0.39, 0.29) is 11.9 Å². The molecular weight excluding hydrogens is 308 g/mol. The van der Waals surface area contributed by atoms with Gasteiger partial charge in [0.1, 0.15) is 5.82 Å². The first-order chi connectivity index (χ1) is 11.2. The Kier molecular flexibility index (Phi) is 4.92. The van der Waals surface area contributed by atoms with Crippen molar-refractivity contribution in [1.29, 1.82) is 0 Å². The quantitative estimate of drug-likeness (QED) is 0.725. The fourth-order valence-electron chi connectivity index (χ4n) is 2.62. The smallest absolute Gasteiger partial charge is 0.222 e. The Balaban J connectivity index is 1.57. The van der Waals surface area contributed by atoms with Crippen molar-refractivity contribution in [2.45, 2.75) is 25.9 Å². The van der Waals surface area contributed by atoms with Crippen molar-refractivity contribution in [2.75, 3.05) is 6.54 Å². The third-order valence-electron chi connectivity index (χ3n) is 3.89. The molecule has 3 rings (SSSR count). The van der Waals surface area contributed by atoms with Crippen LogP contribution in [0, 0.1) is 6.92 Å². The van der Waals surface area contributed by atoms with Gasteiger partial charge in [-0.05, 0) is 41.4 Å². The third kappa shape index (κ3) is 3.90. The first kappa shape index (κ1) is 15.6. The van der Waals surface area contributed by atoms with Crippen LogP contribution in [-0.4, -0.2) is 26.6 Å². The van der Waals surface area contributed by atoms with E-state index in [2.05, 4.69) is 26.3 Å². The van der Waals surface area contributed by atoms with Crippen LogP contribution in [0.25, 0.3) is 0 Å². The second-order valence-electron chi connectivity index (χ2n) is 5.42. The first-order valence-electron chi connectivity index (χ1n) is 7.63. The number of hydrogen-bond acceptors (Lipinski definition) is 3. The highest BCUT2D eigenvalue weighted by Gasteiger charge is 2.17. The second kappa shape index (κ2) is 7.28. The third-order valence-corrected chi connectivity index (χ3v) is 4.59.